The normalized spacial score (nSPS) is 20.3. The van der Waals surface area contributed by atoms with Crippen LogP contribution in [0.1, 0.15) is 194 Å². The zero-order chi connectivity index (χ0) is 44.4. The molecule has 0 aromatic rings. The molecule has 1 aliphatic rings. The van der Waals surface area contributed by atoms with Crippen molar-refractivity contribution < 1.29 is 49.0 Å². The Labute approximate surface area is 370 Å². The van der Waals surface area contributed by atoms with Crippen molar-refractivity contribution in [3.05, 3.63) is 60.8 Å². The first kappa shape index (κ1) is 56.4. The number of hydrogen-bond donors (Lipinski definition) is 4. The Kier molecular flexibility index (Phi) is 38.3. The molecule has 0 radical (unpaired) electrons. The summed E-state index contributed by atoms with van der Waals surface area (Å²) in [5, 5.41) is 40.1. The second-order valence-corrected chi connectivity index (χ2v) is 16.5. The average molecular weight is 861 g/mol. The molecule has 1 saturated heterocycles. The van der Waals surface area contributed by atoms with Gasteiger partial charge < -0.3 is 39.4 Å². The lowest BCUT2D eigenvalue weighted by Gasteiger charge is -2.39. The number of rotatable bonds is 40. The van der Waals surface area contributed by atoms with E-state index in [1.165, 1.54) is 103 Å². The number of aliphatic hydroxyl groups is 4. The zero-order valence-corrected chi connectivity index (χ0v) is 38.4. The highest BCUT2D eigenvalue weighted by molar-refractivity contribution is 5.70. The molecule has 1 aliphatic heterocycles. The fourth-order valence-electron chi connectivity index (χ4n) is 7.08. The Bertz CT molecular complexity index is 1180. The summed E-state index contributed by atoms with van der Waals surface area (Å²) >= 11 is 0. The van der Waals surface area contributed by atoms with Crippen LogP contribution < -0.4 is 0 Å². The summed E-state index contributed by atoms with van der Waals surface area (Å²) in [4.78, 5) is 25.3. The summed E-state index contributed by atoms with van der Waals surface area (Å²) in [6, 6.07) is 0. The van der Waals surface area contributed by atoms with Gasteiger partial charge in [0.1, 0.15) is 31.0 Å². The number of ether oxygens (including phenoxy) is 4. The van der Waals surface area contributed by atoms with Crippen LogP contribution >= 0.6 is 0 Å². The van der Waals surface area contributed by atoms with Gasteiger partial charge in [0.15, 0.2) is 12.4 Å². The maximum absolute atomic E-state index is 12.7. The first-order chi connectivity index (χ1) is 29.8. The molecule has 0 aromatic heterocycles. The maximum atomic E-state index is 12.7. The number of carbonyl (C=O) groups excluding carboxylic acids is 2. The second kappa shape index (κ2) is 41.4. The summed E-state index contributed by atoms with van der Waals surface area (Å²) < 4.78 is 22.1. The molecule has 352 valence electrons. The lowest BCUT2D eigenvalue weighted by molar-refractivity contribution is -0.305. The number of carbonyl (C=O) groups is 2. The van der Waals surface area contributed by atoms with Crippen LogP contribution in [0.15, 0.2) is 60.8 Å². The zero-order valence-electron chi connectivity index (χ0n) is 38.4. The largest absolute Gasteiger partial charge is 0.462 e. The molecule has 0 amide bonds. The summed E-state index contributed by atoms with van der Waals surface area (Å²) in [6.07, 6.45) is 43.9. The van der Waals surface area contributed by atoms with Gasteiger partial charge in [-0.1, -0.05) is 177 Å². The van der Waals surface area contributed by atoms with E-state index in [-0.39, 0.29) is 26.1 Å². The van der Waals surface area contributed by atoms with Crippen LogP contribution in [-0.4, -0.2) is 89.0 Å². The second-order valence-electron chi connectivity index (χ2n) is 16.5. The molecule has 1 fully saturated rings. The van der Waals surface area contributed by atoms with E-state index < -0.39 is 55.4 Å². The standard InChI is InChI=1S/C51H88O10/c1-3-5-7-9-11-13-15-17-18-19-20-21-22-23-24-25-26-28-29-31-33-35-37-39-46(53)58-42-44(43-59-51-50(57)49(56)48(55)45(41-52)61-51)60-47(54)40-38-36-34-32-30-27-16-14-12-10-8-6-4-2/h5,7,11,13,17-18,27,30,34,36,44-45,48-52,55-57H,3-4,6,8-10,12,14-16,19-26,28-29,31-33,35,37-43H2,1-2H3/b7-5+,13-11+,18-17+,30-27+,36-34+/t44?,45-,48+,49?,50?,51-/m0/s1. The van der Waals surface area contributed by atoms with Gasteiger partial charge in [0.2, 0.25) is 0 Å². The topological polar surface area (TPSA) is 152 Å². The number of esters is 2. The molecule has 0 aromatic carbocycles. The third kappa shape index (κ3) is 32.7. The highest BCUT2D eigenvalue weighted by atomic mass is 16.7. The van der Waals surface area contributed by atoms with Crippen LogP contribution in [-0.2, 0) is 28.5 Å². The molecule has 10 heteroatoms. The SMILES string of the molecule is CC/C=C/C/C=C/C/C=C/CCCCCCCCCCCCCCCC(=O)OCC(CO[C@H]1O[C@@H](CO)[C@@H](O)C(O)C1O)OC(=O)CC/C=C/C/C=C/CCCCCCCC. The monoisotopic (exact) mass is 861 g/mol. The Morgan fingerprint density at radius 3 is 1.52 bits per heavy atom. The van der Waals surface area contributed by atoms with Gasteiger partial charge in [-0.3, -0.25) is 9.59 Å². The number of unbranched alkanes of at least 4 members (excludes halogenated alkanes) is 19. The van der Waals surface area contributed by atoms with Crippen LogP contribution in [0.4, 0.5) is 0 Å². The van der Waals surface area contributed by atoms with Gasteiger partial charge in [-0.15, -0.1) is 0 Å². The van der Waals surface area contributed by atoms with Crippen LogP contribution in [0.2, 0.25) is 0 Å². The predicted octanol–water partition coefficient (Wildman–Crippen LogP) is 11.0. The van der Waals surface area contributed by atoms with Gasteiger partial charge in [-0.2, -0.15) is 0 Å². The predicted molar refractivity (Wildman–Crippen MR) is 247 cm³/mol. The van der Waals surface area contributed by atoms with Crippen molar-refractivity contribution in [1.82, 2.24) is 0 Å². The van der Waals surface area contributed by atoms with E-state index in [1.54, 1.807) is 0 Å². The van der Waals surface area contributed by atoms with E-state index in [0.29, 0.717) is 6.42 Å². The molecule has 0 spiro atoms. The Morgan fingerprint density at radius 2 is 1.00 bits per heavy atom. The molecule has 3 unspecified atom stereocenters. The first-order valence-corrected chi connectivity index (χ1v) is 24.4. The number of allylic oxidation sites excluding steroid dienone is 10. The van der Waals surface area contributed by atoms with E-state index in [4.69, 9.17) is 18.9 Å². The van der Waals surface area contributed by atoms with Crippen molar-refractivity contribution in [3.63, 3.8) is 0 Å². The van der Waals surface area contributed by atoms with Crippen LogP contribution in [0, 0.1) is 0 Å². The highest BCUT2D eigenvalue weighted by Crippen LogP contribution is 2.22. The van der Waals surface area contributed by atoms with Gasteiger partial charge in [0.05, 0.1) is 13.2 Å². The fraction of sp³-hybridized carbons (Fsp3) is 0.765. The smallest absolute Gasteiger partial charge is 0.306 e. The minimum absolute atomic E-state index is 0.123. The molecular weight excluding hydrogens is 773 g/mol. The molecule has 6 atom stereocenters. The summed E-state index contributed by atoms with van der Waals surface area (Å²) in [5.74, 6) is -0.886. The molecule has 1 rings (SSSR count). The molecule has 61 heavy (non-hydrogen) atoms. The highest BCUT2D eigenvalue weighted by Gasteiger charge is 2.44. The lowest BCUT2D eigenvalue weighted by atomic mass is 9.99. The van der Waals surface area contributed by atoms with Crippen molar-refractivity contribution in [2.45, 2.75) is 230 Å². The van der Waals surface area contributed by atoms with E-state index in [1.807, 2.05) is 12.2 Å². The Balaban J connectivity index is 2.26. The molecular formula is C51H88O10. The Hall–Kier alpha value is -2.60. The van der Waals surface area contributed by atoms with Gasteiger partial charge in [-0.05, 0) is 64.2 Å². The molecule has 0 aliphatic carbocycles. The first-order valence-electron chi connectivity index (χ1n) is 24.4. The van der Waals surface area contributed by atoms with Crippen molar-refractivity contribution >= 4 is 11.9 Å². The Morgan fingerprint density at radius 1 is 0.525 bits per heavy atom. The molecule has 1 heterocycles. The van der Waals surface area contributed by atoms with Crippen molar-refractivity contribution in [2.24, 2.45) is 0 Å². The molecule has 4 N–H and O–H groups in total. The number of aliphatic hydroxyl groups excluding tert-OH is 4. The van der Waals surface area contributed by atoms with Gasteiger partial charge >= 0.3 is 11.9 Å². The third-order valence-electron chi connectivity index (χ3n) is 10.9. The van der Waals surface area contributed by atoms with Gasteiger partial charge in [0, 0.05) is 12.8 Å². The van der Waals surface area contributed by atoms with Crippen molar-refractivity contribution in [3.8, 4) is 0 Å². The van der Waals surface area contributed by atoms with Crippen LogP contribution in [0.25, 0.3) is 0 Å². The van der Waals surface area contributed by atoms with Crippen molar-refractivity contribution in [1.29, 1.82) is 0 Å². The third-order valence-corrected chi connectivity index (χ3v) is 10.9. The molecule has 10 nitrogen and oxygen atoms in total. The summed E-state index contributed by atoms with van der Waals surface area (Å²) in [7, 11) is 0. The van der Waals surface area contributed by atoms with E-state index in [0.717, 1.165) is 57.8 Å². The minimum Gasteiger partial charge on any atom is -0.462 e. The minimum atomic E-state index is -1.61. The van der Waals surface area contributed by atoms with Gasteiger partial charge in [0.25, 0.3) is 0 Å². The van der Waals surface area contributed by atoms with Gasteiger partial charge in [-0.25, -0.2) is 0 Å². The average Bonchev–Trinajstić information content (AvgIpc) is 3.26. The van der Waals surface area contributed by atoms with E-state index in [2.05, 4.69) is 62.5 Å². The van der Waals surface area contributed by atoms with Crippen molar-refractivity contribution in [2.75, 3.05) is 19.8 Å². The summed E-state index contributed by atoms with van der Waals surface area (Å²) in [5.41, 5.74) is 0. The van der Waals surface area contributed by atoms with Crippen LogP contribution in [0.5, 0.6) is 0 Å². The quantitative estimate of drug-likeness (QED) is 0.0266. The van der Waals surface area contributed by atoms with E-state index >= 15 is 0 Å². The number of hydrogen-bond acceptors (Lipinski definition) is 10. The lowest BCUT2D eigenvalue weighted by Crippen LogP contribution is -2.59. The maximum Gasteiger partial charge on any atom is 0.306 e. The van der Waals surface area contributed by atoms with E-state index in [9.17, 15) is 30.0 Å². The fourth-order valence-corrected chi connectivity index (χ4v) is 7.08. The summed E-state index contributed by atoms with van der Waals surface area (Å²) in [6.45, 7) is 3.25. The van der Waals surface area contributed by atoms with Crippen LogP contribution in [0.3, 0.4) is 0 Å². The molecule has 0 saturated carbocycles. The molecule has 0 bridgehead atoms.